The van der Waals surface area contributed by atoms with Crippen LogP contribution in [-0.4, -0.2) is 40.8 Å². The molecule has 0 spiro atoms. The second-order valence-corrected chi connectivity index (χ2v) is 7.56. The predicted molar refractivity (Wildman–Crippen MR) is 99.2 cm³/mol. The molecule has 1 atom stereocenters. The number of ether oxygens (including phenoxy) is 1. The standard InChI is InChI=1S/C18H23ClN4O2/c1-18(2,3)25-17(24)20-11-12-7-6-10-23(12)16-15(19)21-13-8-4-5-9-14(13)22-16/h4-5,8-9,12H,6-7,10-11H2,1-3H3,(H,20,24)/t12-/m1/s1. The van der Waals surface area contributed by atoms with Crippen LogP contribution in [0.4, 0.5) is 10.6 Å². The van der Waals surface area contributed by atoms with Gasteiger partial charge in [-0.2, -0.15) is 0 Å². The number of benzene rings is 1. The van der Waals surface area contributed by atoms with Crippen LogP contribution < -0.4 is 10.2 Å². The molecule has 1 aliphatic rings. The molecule has 134 valence electrons. The van der Waals surface area contributed by atoms with Crippen molar-refractivity contribution < 1.29 is 9.53 Å². The highest BCUT2D eigenvalue weighted by Gasteiger charge is 2.29. The van der Waals surface area contributed by atoms with Gasteiger partial charge in [0.15, 0.2) is 11.0 Å². The molecule has 7 heteroatoms. The van der Waals surface area contributed by atoms with E-state index in [4.69, 9.17) is 16.3 Å². The number of hydrogen-bond acceptors (Lipinski definition) is 5. The van der Waals surface area contributed by atoms with E-state index in [0.717, 1.165) is 30.4 Å². The molecule has 1 saturated heterocycles. The highest BCUT2D eigenvalue weighted by atomic mass is 35.5. The quantitative estimate of drug-likeness (QED) is 0.900. The summed E-state index contributed by atoms with van der Waals surface area (Å²) in [7, 11) is 0. The Labute approximate surface area is 152 Å². The molecular formula is C18H23ClN4O2. The van der Waals surface area contributed by atoms with Gasteiger partial charge >= 0.3 is 6.09 Å². The molecule has 1 N–H and O–H groups in total. The van der Waals surface area contributed by atoms with Crippen LogP contribution in [0.5, 0.6) is 0 Å². The van der Waals surface area contributed by atoms with Crippen LogP contribution in [-0.2, 0) is 4.74 Å². The number of rotatable bonds is 3. The summed E-state index contributed by atoms with van der Waals surface area (Å²) in [5.74, 6) is 0.675. The second kappa shape index (κ2) is 7.04. The summed E-state index contributed by atoms with van der Waals surface area (Å²) in [6, 6.07) is 7.78. The molecule has 0 radical (unpaired) electrons. The minimum absolute atomic E-state index is 0.125. The Bertz CT molecular complexity index is 775. The molecule has 1 aromatic carbocycles. The maximum Gasteiger partial charge on any atom is 0.407 e. The Morgan fingerprint density at radius 3 is 2.68 bits per heavy atom. The van der Waals surface area contributed by atoms with Gasteiger partial charge in [0, 0.05) is 19.1 Å². The second-order valence-electron chi connectivity index (χ2n) is 7.20. The van der Waals surface area contributed by atoms with Gasteiger partial charge in [-0.1, -0.05) is 23.7 Å². The monoisotopic (exact) mass is 362 g/mol. The highest BCUT2D eigenvalue weighted by molar-refractivity contribution is 6.32. The predicted octanol–water partition coefficient (Wildman–Crippen LogP) is 3.78. The van der Waals surface area contributed by atoms with Gasteiger partial charge in [-0.3, -0.25) is 0 Å². The van der Waals surface area contributed by atoms with E-state index in [1.807, 2.05) is 45.0 Å². The van der Waals surface area contributed by atoms with Crippen LogP contribution in [0.15, 0.2) is 24.3 Å². The number of carbonyl (C=O) groups is 1. The van der Waals surface area contributed by atoms with Crippen molar-refractivity contribution in [3.63, 3.8) is 0 Å². The Morgan fingerprint density at radius 1 is 1.32 bits per heavy atom. The normalized spacial score (nSPS) is 17.8. The zero-order valence-electron chi connectivity index (χ0n) is 14.8. The molecular weight excluding hydrogens is 340 g/mol. The van der Waals surface area contributed by atoms with E-state index in [-0.39, 0.29) is 6.04 Å². The van der Waals surface area contributed by atoms with Crippen LogP contribution in [0.25, 0.3) is 11.0 Å². The maximum atomic E-state index is 11.9. The number of carbonyl (C=O) groups excluding carboxylic acids is 1. The Hall–Kier alpha value is -2.08. The van der Waals surface area contributed by atoms with Gasteiger partial charge in [0.2, 0.25) is 0 Å². The van der Waals surface area contributed by atoms with E-state index in [1.54, 1.807) is 0 Å². The summed E-state index contributed by atoms with van der Waals surface area (Å²) < 4.78 is 5.30. The van der Waals surface area contributed by atoms with Crippen molar-refractivity contribution >= 4 is 34.5 Å². The molecule has 0 saturated carbocycles. The third-order valence-corrected chi connectivity index (χ3v) is 4.29. The molecule has 25 heavy (non-hydrogen) atoms. The number of aromatic nitrogens is 2. The Morgan fingerprint density at radius 2 is 2.00 bits per heavy atom. The van der Waals surface area contributed by atoms with Gasteiger partial charge < -0.3 is 15.0 Å². The Balaban J connectivity index is 1.73. The molecule has 1 fully saturated rings. The summed E-state index contributed by atoms with van der Waals surface area (Å²) in [5.41, 5.74) is 1.08. The average molecular weight is 363 g/mol. The summed E-state index contributed by atoms with van der Waals surface area (Å²) in [6.07, 6.45) is 1.57. The molecule has 2 aromatic rings. The third kappa shape index (κ3) is 4.31. The van der Waals surface area contributed by atoms with E-state index < -0.39 is 11.7 Å². The molecule has 0 bridgehead atoms. The third-order valence-electron chi connectivity index (χ3n) is 4.04. The van der Waals surface area contributed by atoms with Gasteiger partial charge in [0.05, 0.1) is 11.0 Å². The van der Waals surface area contributed by atoms with Gasteiger partial charge in [-0.25, -0.2) is 14.8 Å². The van der Waals surface area contributed by atoms with E-state index in [9.17, 15) is 4.79 Å². The number of nitrogens with zero attached hydrogens (tertiary/aromatic N) is 3. The topological polar surface area (TPSA) is 67.3 Å². The SMILES string of the molecule is CC(C)(C)OC(=O)NC[C@H]1CCCN1c1nc2ccccc2nc1Cl. The van der Waals surface area contributed by atoms with E-state index in [1.165, 1.54) is 0 Å². The van der Waals surface area contributed by atoms with Gasteiger partial charge in [-0.05, 0) is 45.7 Å². The first-order valence-electron chi connectivity index (χ1n) is 8.49. The lowest BCUT2D eigenvalue weighted by atomic mass is 10.2. The minimum atomic E-state index is -0.507. The van der Waals surface area contributed by atoms with Crippen molar-refractivity contribution in [1.82, 2.24) is 15.3 Å². The van der Waals surface area contributed by atoms with Crippen LogP contribution in [0.3, 0.4) is 0 Å². The van der Waals surface area contributed by atoms with E-state index >= 15 is 0 Å². The van der Waals surface area contributed by atoms with Crippen LogP contribution in [0, 0.1) is 0 Å². The van der Waals surface area contributed by atoms with Crippen molar-refractivity contribution in [2.45, 2.75) is 45.3 Å². The van der Waals surface area contributed by atoms with Crippen molar-refractivity contribution in [2.75, 3.05) is 18.0 Å². The lowest BCUT2D eigenvalue weighted by Gasteiger charge is -2.27. The molecule has 2 heterocycles. The zero-order chi connectivity index (χ0) is 18.0. The number of anilines is 1. The van der Waals surface area contributed by atoms with Crippen LogP contribution in [0.2, 0.25) is 5.15 Å². The smallest absolute Gasteiger partial charge is 0.407 e. The van der Waals surface area contributed by atoms with Crippen molar-refractivity contribution in [3.8, 4) is 0 Å². The molecule has 0 aliphatic carbocycles. The largest absolute Gasteiger partial charge is 0.444 e. The first-order valence-corrected chi connectivity index (χ1v) is 8.87. The molecule has 1 aliphatic heterocycles. The first kappa shape index (κ1) is 17.7. The van der Waals surface area contributed by atoms with E-state index in [0.29, 0.717) is 17.5 Å². The number of nitrogens with one attached hydrogen (secondary N) is 1. The number of para-hydroxylation sites is 2. The van der Waals surface area contributed by atoms with E-state index in [2.05, 4.69) is 20.2 Å². The lowest BCUT2D eigenvalue weighted by molar-refractivity contribution is 0.0525. The number of alkyl carbamates (subject to hydrolysis) is 1. The number of hydrogen-bond donors (Lipinski definition) is 1. The first-order chi connectivity index (χ1) is 11.8. The molecule has 6 nitrogen and oxygen atoms in total. The highest BCUT2D eigenvalue weighted by Crippen LogP contribution is 2.30. The minimum Gasteiger partial charge on any atom is -0.444 e. The summed E-state index contributed by atoms with van der Waals surface area (Å²) >= 11 is 6.37. The van der Waals surface area contributed by atoms with Gasteiger partial charge in [0.25, 0.3) is 0 Å². The maximum absolute atomic E-state index is 11.9. The average Bonchev–Trinajstić information content (AvgIpc) is 2.99. The van der Waals surface area contributed by atoms with Crippen molar-refractivity contribution in [3.05, 3.63) is 29.4 Å². The van der Waals surface area contributed by atoms with Crippen LogP contribution in [0.1, 0.15) is 33.6 Å². The summed E-state index contributed by atoms with van der Waals surface area (Å²) in [4.78, 5) is 23.1. The molecule has 1 aromatic heterocycles. The molecule has 1 amide bonds. The zero-order valence-corrected chi connectivity index (χ0v) is 15.5. The fourth-order valence-electron chi connectivity index (χ4n) is 2.99. The number of amides is 1. The lowest BCUT2D eigenvalue weighted by Crippen LogP contribution is -2.42. The summed E-state index contributed by atoms with van der Waals surface area (Å²) in [5, 5.41) is 3.23. The Kier molecular flexibility index (Phi) is 4.99. The van der Waals surface area contributed by atoms with Crippen molar-refractivity contribution in [2.24, 2.45) is 0 Å². The van der Waals surface area contributed by atoms with Crippen LogP contribution >= 0.6 is 11.6 Å². The number of halogens is 1. The fraction of sp³-hybridized carbons (Fsp3) is 0.500. The van der Waals surface area contributed by atoms with Gasteiger partial charge in [-0.15, -0.1) is 0 Å². The molecule has 0 unspecified atom stereocenters. The fourth-order valence-corrected chi connectivity index (χ4v) is 3.24. The van der Waals surface area contributed by atoms with Crippen molar-refractivity contribution in [1.29, 1.82) is 0 Å². The summed E-state index contributed by atoms with van der Waals surface area (Å²) in [6.45, 7) is 6.86. The molecule has 3 rings (SSSR count). The van der Waals surface area contributed by atoms with Gasteiger partial charge in [0.1, 0.15) is 5.60 Å². The number of fused-ring (bicyclic) bond motifs is 1.